The molecule has 2 aliphatic heterocycles. The van der Waals surface area contributed by atoms with Crippen LogP contribution >= 0.6 is 11.6 Å². The molecule has 4 rings (SSSR count). The summed E-state index contributed by atoms with van der Waals surface area (Å²) in [7, 11) is 0. The predicted molar refractivity (Wildman–Crippen MR) is 83.3 cm³/mol. The number of amides is 2. The minimum Gasteiger partial charge on any atom is -0.321 e. The van der Waals surface area contributed by atoms with E-state index in [1.807, 2.05) is 59.5 Å². The smallest absolute Gasteiger partial charge is 0.321 e. The molecule has 112 valence electrons. The lowest BCUT2D eigenvalue weighted by Crippen LogP contribution is -2.50. The standard InChI is InChI=1S/C17H15ClN2O2/c18-15-8-6-12(7-9-15)14-10-19(11-14)17(21)20-16(22-20)13-4-2-1-3-5-13/h1-9,14,16H,10-11H2. The van der Waals surface area contributed by atoms with E-state index in [1.54, 1.807) is 0 Å². The van der Waals surface area contributed by atoms with E-state index in [4.69, 9.17) is 16.4 Å². The van der Waals surface area contributed by atoms with E-state index >= 15 is 0 Å². The molecule has 2 aromatic rings. The molecular weight excluding hydrogens is 300 g/mol. The van der Waals surface area contributed by atoms with Crippen LogP contribution in [0.1, 0.15) is 23.3 Å². The van der Waals surface area contributed by atoms with Gasteiger partial charge in [0.15, 0.2) is 0 Å². The lowest BCUT2D eigenvalue weighted by Gasteiger charge is -2.39. The average molecular weight is 315 g/mol. The maximum absolute atomic E-state index is 12.3. The van der Waals surface area contributed by atoms with Crippen molar-refractivity contribution in [3.05, 3.63) is 70.7 Å². The van der Waals surface area contributed by atoms with Gasteiger partial charge in [0.1, 0.15) is 0 Å². The van der Waals surface area contributed by atoms with E-state index in [-0.39, 0.29) is 12.3 Å². The first-order valence-electron chi connectivity index (χ1n) is 7.28. The molecule has 0 saturated carbocycles. The number of hydrogen-bond donors (Lipinski definition) is 0. The Balaban J connectivity index is 1.34. The van der Waals surface area contributed by atoms with Crippen LogP contribution < -0.4 is 0 Å². The van der Waals surface area contributed by atoms with E-state index in [0.717, 1.165) is 23.7 Å². The van der Waals surface area contributed by atoms with Crippen LogP contribution in [-0.4, -0.2) is 29.1 Å². The number of halogens is 1. The molecule has 0 spiro atoms. The number of nitrogens with zero attached hydrogens (tertiary/aromatic N) is 2. The van der Waals surface area contributed by atoms with Gasteiger partial charge < -0.3 is 4.90 Å². The predicted octanol–water partition coefficient (Wildman–Crippen LogP) is 3.81. The Bertz CT molecular complexity index is 684. The van der Waals surface area contributed by atoms with Crippen molar-refractivity contribution >= 4 is 17.6 Å². The fourth-order valence-electron chi connectivity index (χ4n) is 2.76. The van der Waals surface area contributed by atoms with Crippen molar-refractivity contribution < 1.29 is 9.63 Å². The van der Waals surface area contributed by atoms with E-state index in [0.29, 0.717) is 5.92 Å². The van der Waals surface area contributed by atoms with Crippen LogP contribution in [0.5, 0.6) is 0 Å². The van der Waals surface area contributed by atoms with Gasteiger partial charge >= 0.3 is 6.03 Å². The van der Waals surface area contributed by atoms with Gasteiger partial charge in [-0.2, -0.15) is 5.06 Å². The Morgan fingerprint density at radius 3 is 2.36 bits per heavy atom. The van der Waals surface area contributed by atoms with Crippen molar-refractivity contribution in [2.24, 2.45) is 0 Å². The highest BCUT2D eigenvalue weighted by molar-refractivity contribution is 6.30. The number of likely N-dealkylation sites (tertiary alicyclic amines) is 1. The van der Waals surface area contributed by atoms with E-state index in [1.165, 1.54) is 10.6 Å². The minimum atomic E-state index is -0.233. The molecule has 2 aromatic carbocycles. The van der Waals surface area contributed by atoms with Gasteiger partial charge in [-0.3, -0.25) is 0 Å². The van der Waals surface area contributed by atoms with Crippen molar-refractivity contribution in [2.45, 2.75) is 12.1 Å². The zero-order valence-electron chi connectivity index (χ0n) is 11.9. The van der Waals surface area contributed by atoms with Crippen molar-refractivity contribution in [1.82, 2.24) is 9.96 Å². The first-order chi connectivity index (χ1) is 10.7. The van der Waals surface area contributed by atoms with Gasteiger partial charge in [0.2, 0.25) is 6.23 Å². The number of hydrogen-bond acceptors (Lipinski definition) is 2. The quantitative estimate of drug-likeness (QED) is 0.790. The van der Waals surface area contributed by atoms with Crippen LogP contribution in [0, 0.1) is 0 Å². The molecular formula is C17H15ClN2O2. The fourth-order valence-corrected chi connectivity index (χ4v) is 2.89. The molecule has 0 aliphatic carbocycles. The maximum Gasteiger partial charge on any atom is 0.346 e. The highest BCUT2D eigenvalue weighted by Crippen LogP contribution is 2.39. The van der Waals surface area contributed by atoms with Crippen molar-refractivity contribution in [1.29, 1.82) is 0 Å². The van der Waals surface area contributed by atoms with E-state index < -0.39 is 0 Å². The largest absolute Gasteiger partial charge is 0.346 e. The van der Waals surface area contributed by atoms with Crippen LogP contribution in [0.2, 0.25) is 5.02 Å². The maximum atomic E-state index is 12.3. The molecule has 0 aromatic heterocycles. The Labute approximate surface area is 133 Å². The second kappa shape index (κ2) is 5.30. The Morgan fingerprint density at radius 1 is 1.00 bits per heavy atom. The van der Waals surface area contributed by atoms with E-state index in [9.17, 15) is 4.79 Å². The van der Waals surface area contributed by atoms with Gasteiger partial charge in [-0.05, 0) is 17.7 Å². The molecule has 22 heavy (non-hydrogen) atoms. The molecule has 5 heteroatoms. The summed E-state index contributed by atoms with van der Waals surface area (Å²) in [5, 5.41) is 2.17. The minimum absolute atomic E-state index is 0.0564. The third-order valence-electron chi connectivity index (χ3n) is 4.15. The van der Waals surface area contributed by atoms with Gasteiger partial charge in [-0.1, -0.05) is 54.1 Å². The van der Waals surface area contributed by atoms with Gasteiger partial charge in [-0.25, -0.2) is 9.63 Å². The number of rotatable bonds is 2. The second-order valence-electron chi connectivity index (χ2n) is 5.63. The summed E-state index contributed by atoms with van der Waals surface area (Å²) in [5.41, 5.74) is 2.23. The summed E-state index contributed by atoms with van der Waals surface area (Å²) in [4.78, 5) is 19.5. The Kier molecular flexibility index (Phi) is 3.28. The summed E-state index contributed by atoms with van der Waals surface area (Å²) < 4.78 is 0. The molecule has 1 atom stereocenters. The number of hydroxylamine groups is 2. The van der Waals surface area contributed by atoms with Gasteiger partial charge in [-0.15, -0.1) is 0 Å². The van der Waals surface area contributed by atoms with Crippen LogP contribution in [0.3, 0.4) is 0 Å². The van der Waals surface area contributed by atoms with Crippen LogP contribution in [-0.2, 0) is 4.84 Å². The first kappa shape index (κ1) is 13.6. The SMILES string of the molecule is O=C(N1CC(c2ccc(Cl)cc2)C1)N1OC1c1ccccc1. The van der Waals surface area contributed by atoms with Crippen LogP contribution in [0.25, 0.3) is 0 Å². The summed E-state index contributed by atoms with van der Waals surface area (Å²) in [6, 6.07) is 17.5. The molecule has 2 saturated heterocycles. The zero-order valence-corrected chi connectivity index (χ0v) is 12.6. The normalized spacial score (nSPS) is 20.7. The van der Waals surface area contributed by atoms with E-state index in [2.05, 4.69) is 0 Å². The average Bonchev–Trinajstić information content (AvgIpc) is 3.29. The lowest BCUT2D eigenvalue weighted by molar-refractivity contribution is 0.104. The number of carbonyl (C=O) groups excluding carboxylic acids is 1. The molecule has 2 heterocycles. The molecule has 0 bridgehead atoms. The number of carbonyl (C=O) groups is 1. The zero-order chi connectivity index (χ0) is 15.1. The molecule has 2 fully saturated rings. The number of urea groups is 1. The Morgan fingerprint density at radius 2 is 1.68 bits per heavy atom. The third-order valence-corrected chi connectivity index (χ3v) is 4.40. The molecule has 0 N–H and O–H groups in total. The second-order valence-corrected chi connectivity index (χ2v) is 6.07. The molecule has 0 radical (unpaired) electrons. The molecule has 4 nitrogen and oxygen atoms in total. The van der Waals surface area contributed by atoms with Gasteiger partial charge in [0.25, 0.3) is 0 Å². The van der Waals surface area contributed by atoms with Crippen molar-refractivity contribution in [3.63, 3.8) is 0 Å². The summed E-state index contributed by atoms with van der Waals surface area (Å²) >= 11 is 5.89. The van der Waals surface area contributed by atoms with Crippen LogP contribution in [0.4, 0.5) is 4.79 Å². The summed E-state index contributed by atoms with van der Waals surface area (Å²) in [6.45, 7) is 1.45. The highest BCUT2D eigenvalue weighted by atomic mass is 35.5. The van der Waals surface area contributed by atoms with Crippen LogP contribution in [0.15, 0.2) is 54.6 Å². The fraction of sp³-hybridized carbons (Fsp3) is 0.235. The van der Waals surface area contributed by atoms with Gasteiger partial charge in [0, 0.05) is 29.6 Å². The molecule has 1 unspecified atom stereocenters. The number of benzene rings is 2. The molecule has 2 amide bonds. The topological polar surface area (TPSA) is 35.9 Å². The monoisotopic (exact) mass is 314 g/mol. The lowest BCUT2D eigenvalue weighted by atomic mass is 9.92. The third kappa shape index (κ3) is 2.45. The first-order valence-corrected chi connectivity index (χ1v) is 7.65. The van der Waals surface area contributed by atoms with Crippen molar-refractivity contribution in [3.8, 4) is 0 Å². The Hall–Kier alpha value is -2.04. The van der Waals surface area contributed by atoms with Gasteiger partial charge in [0.05, 0.1) is 0 Å². The molecule has 2 aliphatic rings. The van der Waals surface area contributed by atoms with Crippen molar-refractivity contribution in [2.75, 3.05) is 13.1 Å². The summed E-state index contributed by atoms with van der Waals surface area (Å²) in [5.74, 6) is 0.386. The summed E-state index contributed by atoms with van der Waals surface area (Å²) in [6.07, 6.45) is -0.233. The highest BCUT2D eigenvalue weighted by Gasteiger charge is 2.47.